The summed E-state index contributed by atoms with van der Waals surface area (Å²) >= 11 is 0. The molecular formula is C14H17NO2. The highest BCUT2D eigenvalue weighted by molar-refractivity contribution is 5.84. The lowest BCUT2D eigenvalue weighted by Gasteiger charge is -2.15. The Bertz CT molecular complexity index is 611. The number of pyridine rings is 1. The Balaban J connectivity index is 2.96. The average Bonchev–Trinajstić information content (AvgIpc) is 2.28. The summed E-state index contributed by atoms with van der Waals surface area (Å²) in [6, 6.07) is 6.77. The highest BCUT2D eigenvalue weighted by Crippen LogP contribution is 2.28. The van der Waals surface area contributed by atoms with E-state index in [2.05, 4.69) is 13.8 Å². The van der Waals surface area contributed by atoms with Gasteiger partial charge in [-0.05, 0) is 36.6 Å². The van der Waals surface area contributed by atoms with E-state index >= 15 is 0 Å². The molecule has 0 amide bonds. The molecule has 0 unspecified atom stereocenters. The topological polar surface area (TPSA) is 42.2 Å². The van der Waals surface area contributed by atoms with Crippen LogP contribution in [0, 0.1) is 0 Å². The number of aryl methyl sites for hydroxylation is 1. The van der Waals surface area contributed by atoms with Crippen LogP contribution in [0.4, 0.5) is 0 Å². The van der Waals surface area contributed by atoms with Crippen molar-refractivity contribution in [3.05, 3.63) is 40.2 Å². The van der Waals surface area contributed by atoms with E-state index in [0.717, 1.165) is 16.5 Å². The molecule has 1 N–H and O–H groups in total. The van der Waals surface area contributed by atoms with Gasteiger partial charge in [0.15, 0.2) is 0 Å². The van der Waals surface area contributed by atoms with Crippen LogP contribution in [0.25, 0.3) is 10.9 Å². The van der Waals surface area contributed by atoms with Gasteiger partial charge in [0.05, 0.1) is 5.52 Å². The maximum absolute atomic E-state index is 11.8. The monoisotopic (exact) mass is 231 g/mol. The van der Waals surface area contributed by atoms with Gasteiger partial charge in [-0.15, -0.1) is 0 Å². The lowest BCUT2D eigenvalue weighted by atomic mass is 9.99. The van der Waals surface area contributed by atoms with Crippen molar-refractivity contribution in [3.63, 3.8) is 0 Å². The second-order valence-corrected chi connectivity index (χ2v) is 4.54. The van der Waals surface area contributed by atoms with Crippen LogP contribution >= 0.6 is 0 Å². The number of aromatic hydroxyl groups is 1. The summed E-state index contributed by atoms with van der Waals surface area (Å²) in [6.45, 7) is 6.72. The third-order valence-electron chi connectivity index (χ3n) is 3.03. The van der Waals surface area contributed by atoms with Gasteiger partial charge in [-0.25, -0.2) is 0 Å². The zero-order chi connectivity index (χ0) is 12.6. The number of aromatic nitrogens is 1. The van der Waals surface area contributed by atoms with Gasteiger partial charge in [0.25, 0.3) is 5.56 Å². The third kappa shape index (κ3) is 1.93. The zero-order valence-corrected chi connectivity index (χ0v) is 10.4. The van der Waals surface area contributed by atoms with Gasteiger partial charge in [0.2, 0.25) is 0 Å². The molecule has 0 saturated heterocycles. The summed E-state index contributed by atoms with van der Waals surface area (Å²) in [5.41, 5.74) is 1.96. The van der Waals surface area contributed by atoms with Crippen molar-refractivity contribution in [1.29, 1.82) is 0 Å². The first-order valence-corrected chi connectivity index (χ1v) is 5.91. The molecule has 0 aliphatic rings. The quantitative estimate of drug-likeness (QED) is 0.863. The summed E-state index contributed by atoms with van der Waals surface area (Å²) in [4.78, 5) is 11.8. The largest absolute Gasteiger partial charge is 0.508 e. The van der Waals surface area contributed by atoms with Crippen LogP contribution < -0.4 is 5.56 Å². The molecule has 2 aromatic rings. The van der Waals surface area contributed by atoms with Crippen molar-refractivity contribution >= 4 is 10.9 Å². The van der Waals surface area contributed by atoms with E-state index in [1.54, 1.807) is 28.8 Å². The van der Waals surface area contributed by atoms with Crippen molar-refractivity contribution in [3.8, 4) is 5.75 Å². The number of hydrogen-bond donors (Lipinski definition) is 1. The van der Waals surface area contributed by atoms with E-state index in [1.807, 2.05) is 6.92 Å². The fourth-order valence-corrected chi connectivity index (χ4v) is 2.22. The molecule has 0 aliphatic carbocycles. The molecule has 1 aromatic carbocycles. The third-order valence-corrected chi connectivity index (χ3v) is 3.03. The van der Waals surface area contributed by atoms with Crippen molar-refractivity contribution in [1.82, 2.24) is 4.57 Å². The summed E-state index contributed by atoms with van der Waals surface area (Å²) < 4.78 is 1.75. The minimum atomic E-state index is 0.00703. The maximum Gasteiger partial charge on any atom is 0.251 e. The molecule has 3 heteroatoms. The number of benzene rings is 1. The molecule has 0 saturated carbocycles. The lowest BCUT2D eigenvalue weighted by molar-refractivity contribution is 0.475. The van der Waals surface area contributed by atoms with E-state index in [9.17, 15) is 9.90 Å². The fourth-order valence-electron chi connectivity index (χ4n) is 2.22. The molecule has 2 rings (SSSR count). The van der Waals surface area contributed by atoms with Crippen molar-refractivity contribution < 1.29 is 5.11 Å². The van der Waals surface area contributed by atoms with E-state index in [0.29, 0.717) is 6.54 Å². The number of rotatable bonds is 2. The standard InChI is InChI=1S/C14H17NO2/c1-4-15-13(17)6-5-10-7-11(16)8-12(9(2)3)14(10)15/h5-9,16H,4H2,1-3H3. The average molecular weight is 231 g/mol. The van der Waals surface area contributed by atoms with Crippen LogP contribution in [0.3, 0.4) is 0 Å². The van der Waals surface area contributed by atoms with E-state index in [1.165, 1.54) is 0 Å². The first-order valence-electron chi connectivity index (χ1n) is 5.91. The summed E-state index contributed by atoms with van der Waals surface area (Å²) in [5, 5.41) is 10.6. The zero-order valence-electron chi connectivity index (χ0n) is 10.4. The van der Waals surface area contributed by atoms with Crippen LogP contribution in [0.5, 0.6) is 5.75 Å². The number of nitrogens with zero attached hydrogens (tertiary/aromatic N) is 1. The van der Waals surface area contributed by atoms with Gasteiger partial charge in [0.1, 0.15) is 5.75 Å². The van der Waals surface area contributed by atoms with E-state index in [-0.39, 0.29) is 17.2 Å². The second kappa shape index (κ2) is 4.24. The van der Waals surface area contributed by atoms with Gasteiger partial charge >= 0.3 is 0 Å². The Morgan fingerprint density at radius 1 is 1.29 bits per heavy atom. The van der Waals surface area contributed by atoms with Gasteiger partial charge < -0.3 is 9.67 Å². The Hall–Kier alpha value is -1.77. The molecule has 0 fully saturated rings. The first-order chi connectivity index (χ1) is 8.04. The Morgan fingerprint density at radius 3 is 2.59 bits per heavy atom. The maximum atomic E-state index is 11.8. The molecule has 90 valence electrons. The normalized spacial score (nSPS) is 11.3. The molecule has 0 atom stereocenters. The predicted octanol–water partition coefficient (Wildman–Crippen LogP) is 2.85. The van der Waals surface area contributed by atoms with Crippen LogP contribution in [0.1, 0.15) is 32.3 Å². The molecule has 1 heterocycles. The van der Waals surface area contributed by atoms with Gasteiger partial charge in [0, 0.05) is 18.0 Å². The molecule has 3 nitrogen and oxygen atoms in total. The van der Waals surface area contributed by atoms with Gasteiger partial charge in [-0.3, -0.25) is 4.79 Å². The molecule has 1 aromatic heterocycles. The number of phenolic OH excluding ortho intramolecular Hbond substituents is 1. The molecule has 17 heavy (non-hydrogen) atoms. The Morgan fingerprint density at radius 2 is 2.00 bits per heavy atom. The minimum Gasteiger partial charge on any atom is -0.508 e. The van der Waals surface area contributed by atoms with E-state index in [4.69, 9.17) is 0 Å². The Labute approximate surface area is 100 Å². The number of hydrogen-bond acceptors (Lipinski definition) is 2. The predicted molar refractivity (Wildman–Crippen MR) is 69.6 cm³/mol. The highest BCUT2D eigenvalue weighted by atomic mass is 16.3. The molecule has 0 radical (unpaired) electrons. The van der Waals surface area contributed by atoms with Crippen molar-refractivity contribution in [2.75, 3.05) is 0 Å². The van der Waals surface area contributed by atoms with Gasteiger partial charge in [-0.1, -0.05) is 13.8 Å². The van der Waals surface area contributed by atoms with Gasteiger partial charge in [-0.2, -0.15) is 0 Å². The van der Waals surface area contributed by atoms with Crippen LogP contribution in [0.2, 0.25) is 0 Å². The summed E-state index contributed by atoms with van der Waals surface area (Å²) in [5.74, 6) is 0.520. The van der Waals surface area contributed by atoms with Crippen LogP contribution in [-0.2, 0) is 6.54 Å². The van der Waals surface area contributed by atoms with Crippen LogP contribution in [-0.4, -0.2) is 9.67 Å². The lowest BCUT2D eigenvalue weighted by Crippen LogP contribution is -2.19. The van der Waals surface area contributed by atoms with E-state index < -0.39 is 0 Å². The number of phenols is 1. The highest BCUT2D eigenvalue weighted by Gasteiger charge is 2.11. The molecule has 0 spiro atoms. The second-order valence-electron chi connectivity index (χ2n) is 4.54. The minimum absolute atomic E-state index is 0.00703. The Kier molecular flexibility index (Phi) is 2.92. The first kappa shape index (κ1) is 11.7. The fraction of sp³-hybridized carbons (Fsp3) is 0.357. The SMILES string of the molecule is CCn1c(=O)ccc2cc(O)cc(C(C)C)c21. The number of fused-ring (bicyclic) bond motifs is 1. The molecule has 0 aliphatic heterocycles. The van der Waals surface area contributed by atoms with Crippen molar-refractivity contribution in [2.45, 2.75) is 33.2 Å². The summed E-state index contributed by atoms with van der Waals surface area (Å²) in [7, 11) is 0. The smallest absolute Gasteiger partial charge is 0.251 e. The molecular weight excluding hydrogens is 214 g/mol. The van der Waals surface area contributed by atoms with Crippen molar-refractivity contribution in [2.24, 2.45) is 0 Å². The van der Waals surface area contributed by atoms with Crippen LogP contribution in [0.15, 0.2) is 29.1 Å². The summed E-state index contributed by atoms with van der Waals surface area (Å²) in [6.07, 6.45) is 0. The molecule has 0 bridgehead atoms.